The molecule has 1 aromatic heterocycles. The lowest BCUT2D eigenvalue weighted by atomic mass is 10.1. The number of para-hydroxylation sites is 2. The van der Waals surface area contributed by atoms with Gasteiger partial charge in [0.2, 0.25) is 0 Å². The summed E-state index contributed by atoms with van der Waals surface area (Å²) in [6, 6.07) is 18.4. The monoisotopic (exact) mass is 393 g/mol. The molecule has 6 nitrogen and oxygen atoms in total. The van der Waals surface area contributed by atoms with Gasteiger partial charge < -0.3 is 20.4 Å². The van der Waals surface area contributed by atoms with Gasteiger partial charge in [-0.2, -0.15) is 0 Å². The molecule has 0 aliphatic carbocycles. The van der Waals surface area contributed by atoms with Gasteiger partial charge in [-0.25, -0.2) is 4.98 Å². The molecule has 1 heterocycles. The Balaban J connectivity index is 1.38. The van der Waals surface area contributed by atoms with E-state index in [9.17, 15) is 0 Å². The molecule has 1 atom stereocenters. The van der Waals surface area contributed by atoms with E-state index in [1.807, 2.05) is 42.5 Å². The Bertz CT molecular complexity index is 857. The predicted molar refractivity (Wildman–Crippen MR) is 119 cm³/mol. The lowest BCUT2D eigenvalue weighted by Gasteiger charge is -2.13. The molecule has 2 aromatic carbocycles. The Kier molecular flexibility index (Phi) is 8.07. The van der Waals surface area contributed by atoms with Crippen molar-refractivity contribution in [2.45, 2.75) is 32.8 Å². The van der Waals surface area contributed by atoms with Crippen LogP contribution in [0.2, 0.25) is 0 Å². The first kappa shape index (κ1) is 20.9. The largest absolute Gasteiger partial charge is 0.374 e. The summed E-state index contributed by atoms with van der Waals surface area (Å²) in [6.07, 6.45) is 1.81. The number of nitrogens with one attached hydrogen (secondary N) is 3. The van der Waals surface area contributed by atoms with Crippen LogP contribution in [0.3, 0.4) is 0 Å². The van der Waals surface area contributed by atoms with Gasteiger partial charge in [0, 0.05) is 32.7 Å². The second kappa shape index (κ2) is 11.2. The molecule has 0 radical (unpaired) electrons. The number of hydrogen-bond donors (Lipinski definition) is 3. The normalized spacial score (nSPS) is 12.8. The fourth-order valence-electron chi connectivity index (χ4n) is 3.10. The molecule has 0 bridgehead atoms. The Morgan fingerprint density at radius 3 is 2.69 bits per heavy atom. The van der Waals surface area contributed by atoms with Crippen LogP contribution in [0.5, 0.6) is 0 Å². The number of nitrogens with zero attached hydrogens (tertiary/aromatic N) is 2. The van der Waals surface area contributed by atoms with Gasteiger partial charge in [-0.1, -0.05) is 42.5 Å². The van der Waals surface area contributed by atoms with Crippen LogP contribution in [-0.4, -0.2) is 42.2 Å². The van der Waals surface area contributed by atoms with Gasteiger partial charge >= 0.3 is 0 Å². The first-order valence-corrected chi connectivity index (χ1v) is 10.4. The molecule has 3 rings (SSSR count). The number of hydrogen-bond acceptors (Lipinski definition) is 3. The van der Waals surface area contributed by atoms with E-state index in [1.165, 1.54) is 5.56 Å². The van der Waals surface area contributed by atoms with Gasteiger partial charge in [0.1, 0.15) is 5.82 Å². The number of rotatable bonds is 10. The SMILES string of the molecule is CCNC(=NCCCOC(C)c1ccccc1)NCCc1nc2ccccc2[nH]1. The maximum atomic E-state index is 5.92. The maximum absolute atomic E-state index is 5.92. The molecular weight excluding hydrogens is 362 g/mol. The zero-order valence-electron chi connectivity index (χ0n) is 17.3. The van der Waals surface area contributed by atoms with Gasteiger partial charge in [-0.3, -0.25) is 4.99 Å². The zero-order valence-corrected chi connectivity index (χ0v) is 17.3. The van der Waals surface area contributed by atoms with Crippen LogP contribution in [0.15, 0.2) is 59.6 Å². The highest BCUT2D eigenvalue weighted by Crippen LogP contribution is 2.15. The molecule has 0 amide bonds. The minimum Gasteiger partial charge on any atom is -0.374 e. The molecule has 0 aliphatic heterocycles. The number of benzene rings is 2. The Morgan fingerprint density at radius 2 is 1.90 bits per heavy atom. The zero-order chi connectivity index (χ0) is 20.3. The summed E-state index contributed by atoms with van der Waals surface area (Å²) >= 11 is 0. The van der Waals surface area contributed by atoms with Gasteiger partial charge in [0.05, 0.1) is 17.1 Å². The van der Waals surface area contributed by atoms with E-state index in [0.29, 0.717) is 6.61 Å². The van der Waals surface area contributed by atoms with Crippen LogP contribution in [0, 0.1) is 0 Å². The van der Waals surface area contributed by atoms with E-state index >= 15 is 0 Å². The minimum atomic E-state index is 0.107. The average Bonchev–Trinajstić information content (AvgIpc) is 3.16. The van der Waals surface area contributed by atoms with Gasteiger partial charge in [0.15, 0.2) is 5.96 Å². The van der Waals surface area contributed by atoms with Crippen LogP contribution in [0.4, 0.5) is 0 Å². The standard InChI is InChI=1S/C23H31N5O/c1-3-24-23(25-15-9-17-29-18(2)19-10-5-4-6-11-19)26-16-14-22-27-20-12-7-8-13-21(20)28-22/h4-8,10-13,18H,3,9,14-17H2,1-2H3,(H,27,28)(H2,24,25,26). The molecule has 0 saturated carbocycles. The van der Waals surface area contributed by atoms with Crippen molar-refractivity contribution in [2.75, 3.05) is 26.2 Å². The number of ether oxygens (including phenoxy) is 1. The smallest absolute Gasteiger partial charge is 0.191 e. The number of H-pyrrole nitrogens is 1. The fraction of sp³-hybridized carbons (Fsp3) is 0.391. The molecule has 29 heavy (non-hydrogen) atoms. The van der Waals surface area contributed by atoms with Crippen molar-refractivity contribution in [2.24, 2.45) is 4.99 Å². The third-order valence-corrected chi connectivity index (χ3v) is 4.65. The number of aromatic nitrogens is 2. The lowest BCUT2D eigenvalue weighted by molar-refractivity contribution is 0.0652. The van der Waals surface area contributed by atoms with E-state index < -0.39 is 0 Å². The molecule has 3 N–H and O–H groups in total. The summed E-state index contributed by atoms with van der Waals surface area (Å²) in [7, 11) is 0. The van der Waals surface area contributed by atoms with E-state index in [4.69, 9.17) is 4.74 Å². The molecule has 0 aliphatic rings. The van der Waals surface area contributed by atoms with E-state index in [1.54, 1.807) is 0 Å². The highest BCUT2D eigenvalue weighted by atomic mass is 16.5. The summed E-state index contributed by atoms with van der Waals surface area (Å²) in [4.78, 5) is 12.6. The summed E-state index contributed by atoms with van der Waals surface area (Å²) in [6.45, 7) is 7.17. The highest BCUT2D eigenvalue weighted by molar-refractivity contribution is 5.79. The van der Waals surface area contributed by atoms with Gasteiger partial charge in [-0.05, 0) is 38.0 Å². The third-order valence-electron chi connectivity index (χ3n) is 4.65. The quantitative estimate of drug-likeness (QED) is 0.278. The predicted octanol–water partition coefficient (Wildman–Crippen LogP) is 3.83. The third kappa shape index (κ3) is 6.61. The Labute approximate surface area is 172 Å². The summed E-state index contributed by atoms with van der Waals surface area (Å²) in [5, 5.41) is 6.67. The van der Waals surface area contributed by atoms with Crippen molar-refractivity contribution in [3.63, 3.8) is 0 Å². The topological polar surface area (TPSA) is 74.3 Å². The second-order valence-electron chi connectivity index (χ2n) is 6.92. The van der Waals surface area contributed by atoms with Crippen LogP contribution in [-0.2, 0) is 11.2 Å². The molecule has 3 aromatic rings. The number of guanidine groups is 1. The van der Waals surface area contributed by atoms with Crippen LogP contribution in [0.1, 0.15) is 37.8 Å². The Hall–Kier alpha value is -2.86. The van der Waals surface area contributed by atoms with Crippen LogP contribution in [0.25, 0.3) is 11.0 Å². The molecule has 154 valence electrons. The lowest BCUT2D eigenvalue weighted by Crippen LogP contribution is -2.38. The summed E-state index contributed by atoms with van der Waals surface area (Å²) in [5.41, 5.74) is 3.29. The number of imidazole rings is 1. The molecule has 0 saturated heterocycles. The van der Waals surface area contributed by atoms with Crippen molar-refractivity contribution >= 4 is 17.0 Å². The van der Waals surface area contributed by atoms with Crippen molar-refractivity contribution in [1.82, 2.24) is 20.6 Å². The van der Waals surface area contributed by atoms with E-state index in [-0.39, 0.29) is 6.10 Å². The highest BCUT2D eigenvalue weighted by Gasteiger charge is 2.05. The van der Waals surface area contributed by atoms with Crippen molar-refractivity contribution < 1.29 is 4.74 Å². The van der Waals surface area contributed by atoms with Crippen molar-refractivity contribution in [1.29, 1.82) is 0 Å². The summed E-state index contributed by atoms with van der Waals surface area (Å²) < 4.78 is 5.92. The molecule has 1 unspecified atom stereocenters. The van der Waals surface area contributed by atoms with Crippen LogP contribution >= 0.6 is 0 Å². The van der Waals surface area contributed by atoms with Crippen molar-refractivity contribution in [3.05, 3.63) is 66.0 Å². The van der Waals surface area contributed by atoms with Gasteiger partial charge in [-0.15, -0.1) is 0 Å². The van der Waals surface area contributed by atoms with E-state index in [2.05, 4.69) is 51.6 Å². The van der Waals surface area contributed by atoms with E-state index in [0.717, 1.165) is 55.3 Å². The number of aromatic amines is 1. The Morgan fingerprint density at radius 1 is 1.10 bits per heavy atom. The first-order valence-electron chi connectivity index (χ1n) is 10.4. The molecule has 6 heteroatoms. The second-order valence-corrected chi connectivity index (χ2v) is 6.92. The number of aliphatic imine (C=N–C) groups is 1. The minimum absolute atomic E-state index is 0.107. The van der Waals surface area contributed by atoms with Crippen molar-refractivity contribution in [3.8, 4) is 0 Å². The number of fused-ring (bicyclic) bond motifs is 1. The average molecular weight is 394 g/mol. The molecule has 0 fully saturated rings. The van der Waals surface area contributed by atoms with Crippen LogP contribution < -0.4 is 10.6 Å². The maximum Gasteiger partial charge on any atom is 0.191 e. The molecule has 0 spiro atoms. The fourth-order valence-corrected chi connectivity index (χ4v) is 3.10. The first-order chi connectivity index (χ1) is 14.3. The van der Waals surface area contributed by atoms with Gasteiger partial charge in [0.25, 0.3) is 0 Å². The molecular formula is C23H31N5O. The summed E-state index contributed by atoms with van der Waals surface area (Å²) in [5.74, 6) is 1.82.